The first kappa shape index (κ1) is 26.1. The highest BCUT2D eigenvalue weighted by molar-refractivity contribution is 5.69. The van der Waals surface area contributed by atoms with Crippen molar-refractivity contribution in [3.8, 4) is 0 Å². The summed E-state index contributed by atoms with van der Waals surface area (Å²) in [5.74, 6) is -1.15. The van der Waals surface area contributed by atoms with Gasteiger partial charge in [0.25, 0.3) is 0 Å². The number of hydrogen-bond donors (Lipinski definition) is 3. The molecular weight excluding hydrogens is 320 g/mol. The highest BCUT2D eigenvalue weighted by atomic mass is 16.4. The van der Waals surface area contributed by atoms with Gasteiger partial charge in [0.05, 0.1) is 18.4 Å². The van der Waals surface area contributed by atoms with Crippen molar-refractivity contribution in [2.75, 3.05) is 0 Å². The van der Waals surface area contributed by atoms with E-state index < -0.39 is 18.0 Å². The lowest BCUT2D eigenvalue weighted by Gasteiger charge is -2.12. The van der Waals surface area contributed by atoms with Gasteiger partial charge in [-0.05, 0) is 25.2 Å². The van der Waals surface area contributed by atoms with Gasteiger partial charge in [-0.1, -0.05) is 72.6 Å². The maximum Gasteiger partial charge on any atom is 0.306 e. The second-order valence-electron chi connectivity index (χ2n) is 7.17. The lowest BCUT2D eigenvalue weighted by Crippen LogP contribution is -2.13. The molecule has 0 heterocycles. The molecule has 150 valence electrons. The van der Waals surface area contributed by atoms with E-state index in [0.717, 1.165) is 32.1 Å². The fourth-order valence-electron chi connectivity index (χ4n) is 2.60. The number of aliphatic hydroxyl groups excluding tert-OH is 1. The van der Waals surface area contributed by atoms with Crippen molar-refractivity contribution < 1.29 is 24.9 Å². The van der Waals surface area contributed by atoms with Crippen LogP contribution < -0.4 is 0 Å². The Labute approximate surface area is 153 Å². The van der Waals surface area contributed by atoms with Crippen LogP contribution in [0.3, 0.4) is 0 Å². The molecule has 3 atom stereocenters. The molecule has 5 heteroatoms. The average Bonchev–Trinajstić information content (AvgIpc) is 2.52. The number of hydrogen-bond acceptors (Lipinski definition) is 3. The SMILES string of the molecule is CCCC(C)CCC(O)CC(=O)O.CCCCCCCC(C)C(=O)O. The number of carboxylic acids is 2. The molecule has 0 saturated carbocycles. The highest BCUT2D eigenvalue weighted by Crippen LogP contribution is 2.14. The summed E-state index contributed by atoms with van der Waals surface area (Å²) in [4.78, 5) is 20.6. The maximum absolute atomic E-state index is 10.4. The predicted octanol–water partition coefficient (Wildman–Crippen LogP) is 5.11. The van der Waals surface area contributed by atoms with E-state index in [1.807, 2.05) is 0 Å². The highest BCUT2D eigenvalue weighted by Gasteiger charge is 2.11. The molecule has 0 aromatic heterocycles. The quantitative estimate of drug-likeness (QED) is 0.374. The minimum Gasteiger partial charge on any atom is -0.481 e. The van der Waals surface area contributed by atoms with Crippen molar-refractivity contribution in [3.63, 3.8) is 0 Å². The molecular formula is C20H40O5. The lowest BCUT2D eigenvalue weighted by molar-refractivity contribution is -0.141. The van der Waals surface area contributed by atoms with E-state index in [9.17, 15) is 14.7 Å². The molecule has 25 heavy (non-hydrogen) atoms. The van der Waals surface area contributed by atoms with Gasteiger partial charge in [0, 0.05) is 0 Å². The Balaban J connectivity index is 0. The molecule has 0 aliphatic carbocycles. The minimum atomic E-state index is -0.921. The summed E-state index contributed by atoms with van der Waals surface area (Å²) >= 11 is 0. The molecule has 0 amide bonds. The van der Waals surface area contributed by atoms with E-state index in [2.05, 4.69) is 20.8 Å². The van der Waals surface area contributed by atoms with Gasteiger partial charge in [0.1, 0.15) is 0 Å². The minimum absolute atomic E-state index is 0.126. The Bertz CT molecular complexity index is 330. The number of rotatable bonds is 14. The third kappa shape index (κ3) is 20.9. The van der Waals surface area contributed by atoms with Crippen molar-refractivity contribution in [3.05, 3.63) is 0 Å². The number of unbranched alkanes of at least 4 members (excludes halogenated alkanes) is 4. The van der Waals surface area contributed by atoms with E-state index >= 15 is 0 Å². The van der Waals surface area contributed by atoms with E-state index in [1.165, 1.54) is 25.7 Å². The van der Waals surface area contributed by atoms with Gasteiger partial charge >= 0.3 is 11.9 Å². The van der Waals surface area contributed by atoms with Crippen LogP contribution in [0.4, 0.5) is 0 Å². The van der Waals surface area contributed by atoms with Gasteiger partial charge in [0.15, 0.2) is 0 Å². The number of carboxylic acid groups (broad SMARTS) is 2. The summed E-state index contributed by atoms with van der Waals surface area (Å²) in [6.45, 7) is 8.23. The second kappa shape index (κ2) is 17.7. The number of aliphatic hydroxyl groups is 1. The van der Waals surface area contributed by atoms with Crippen LogP contribution >= 0.6 is 0 Å². The molecule has 0 aromatic rings. The molecule has 0 spiro atoms. The smallest absolute Gasteiger partial charge is 0.306 e. The van der Waals surface area contributed by atoms with Crippen LogP contribution in [-0.4, -0.2) is 33.4 Å². The molecule has 0 aliphatic heterocycles. The predicted molar refractivity (Wildman–Crippen MR) is 102 cm³/mol. The summed E-state index contributed by atoms with van der Waals surface area (Å²) in [5.41, 5.74) is 0. The summed E-state index contributed by atoms with van der Waals surface area (Å²) in [7, 11) is 0. The fraction of sp³-hybridized carbons (Fsp3) is 0.900. The first-order valence-corrected chi connectivity index (χ1v) is 9.87. The van der Waals surface area contributed by atoms with Crippen LogP contribution in [0.15, 0.2) is 0 Å². The molecule has 5 nitrogen and oxygen atoms in total. The van der Waals surface area contributed by atoms with E-state index in [1.54, 1.807) is 6.92 Å². The van der Waals surface area contributed by atoms with Gasteiger partial charge in [-0.25, -0.2) is 0 Å². The van der Waals surface area contributed by atoms with Crippen molar-refractivity contribution in [1.82, 2.24) is 0 Å². The molecule has 3 unspecified atom stereocenters. The van der Waals surface area contributed by atoms with Crippen molar-refractivity contribution >= 4 is 11.9 Å². The van der Waals surface area contributed by atoms with E-state index in [-0.39, 0.29) is 12.3 Å². The van der Waals surface area contributed by atoms with Gasteiger partial charge in [-0.3, -0.25) is 9.59 Å². The Morgan fingerprint density at radius 2 is 1.40 bits per heavy atom. The normalized spacial score (nSPS) is 14.1. The monoisotopic (exact) mass is 360 g/mol. The third-order valence-corrected chi connectivity index (χ3v) is 4.35. The fourth-order valence-corrected chi connectivity index (χ4v) is 2.60. The van der Waals surface area contributed by atoms with Crippen LogP contribution in [0.5, 0.6) is 0 Å². The van der Waals surface area contributed by atoms with Crippen molar-refractivity contribution in [2.24, 2.45) is 11.8 Å². The van der Waals surface area contributed by atoms with E-state index in [0.29, 0.717) is 12.3 Å². The summed E-state index contributed by atoms with van der Waals surface area (Å²) in [5, 5.41) is 26.2. The Kier molecular flexibility index (Phi) is 18.5. The summed E-state index contributed by atoms with van der Waals surface area (Å²) in [6, 6.07) is 0. The zero-order chi connectivity index (χ0) is 19.7. The molecule has 0 saturated heterocycles. The Morgan fingerprint density at radius 3 is 1.88 bits per heavy atom. The average molecular weight is 361 g/mol. The molecule has 0 radical (unpaired) electrons. The molecule has 0 rings (SSSR count). The first-order chi connectivity index (χ1) is 11.7. The van der Waals surface area contributed by atoms with Gasteiger partial charge in [-0.15, -0.1) is 0 Å². The summed E-state index contributed by atoms with van der Waals surface area (Å²) < 4.78 is 0. The summed E-state index contributed by atoms with van der Waals surface area (Å²) in [6.07, 6.45) is 9.89. The van der Waals surface area contributed by atoms with Gasteiger partial charge < -0.3 is 15.3 Å². The zero-order valence-corrected chi connectivity index (χ0v) is 16.7. The molecule has 0 aromatic carbocycles. The third-order valence-electron chi connectivity index (χ3n) is 4.35. The molecule has 0 fully saturated rings. The molecule has 0 aliphatic rings. The van der Waals surface area contributed by atoms with Crippen molar-refractivity contribution in [1.29, 1.82) is 0 Å². The second-order valence-corrected chi connectivity index (χ2v) is 7.17. The number of carbonyl (C=O) groups is 2. The van der Waals surface area contributed by atoms with Crippen LogP contribution in [0, 0.1) is 11.8 Å². The van der Waals surface area contributed by atoms with Crippen LogP contribution in [0.2, 0.25) is 0 Å². The van der Waals surface area contributed by atoms with Crippen LogP contribution in [-0.2, 0) is 9.59 Å². The van der Waals surface area contributed by atoms with Gasteiger partial charge in [0.2, 0.25) is 0 Å². The topological polar surface area (TPSA) is 94.8 Å². The van der Waals surface area contributed by atoms with Crippen molar-refractivity contribution in [2.45, 2.75) is 104 Å². The van der Waals surface area contributed by atoms with Crippen LogP contribution in [0.25, 0.3) is 0 Å². The van der Waals surface area contributed by atoms with Gasteiger partial charge in [-0.2, -0.15) is 0 Å². The molecule has 3 N–H and O–H groups in total. The largest absolute Gasteiger partial charge is 0.481 e. The zero-order valence-electron chi connectivity index (χ0n) is 16.7. The van der Waals surface area contributed by atoms with E-state index in [4.69, 9.17) is 10.2 Å². The number of aliphatic carboxylic acids is 2. The molecule has 0 bridgehead atoms. The lowest BCUT2D eigenvalue weighted by atomic mass is 9.97. The Hall–Kier alpha value is -1.10. The maximum atomic E-state index is 10.4. The van der Waals surface area contributed by atoms with Crippen LogP contribution in [0.1, 0.15) is 98.3 Å². The standard InChI is InChI=1S/C10H20O3.C10H20O2/c1-3-4-8(2)5-6-9(11)7-10(12)13;1-3-4-5-6-7-8-9(2)10(11)12/h8-9,11H,3-7H2,1-2H3,(H,12,13);9H,3-8H2,1-2H3,(H,11,12). The Morgan fingerprint density at radius 1 is 0.800 bits per heavy atom. The first-order valence-electron chi connectivity index (χ1n) is 9.87.